The number of rotatable bonds is 5. The third-order valence-corrected chi connectivity index (χ3v) is 2.57. The Morgan fingerprint density at radius 2 is 2.12 bits per heavy atom. The van der Waals surface area contributed by atoms with Gasteiger partial charge in [0.05, 0.1) is 23.2 Å². The van der Waals surface area contributed by atoms with Crippen molar-refractivity contribution in [2.75, 3.05) is 18.5 Å². The van der Waals surface area contributed by atoms with Crippen molar-refractivity contribution in [2.24, 2.45) is 0 Å². The van der Waals surface area contributed by atoms with E-state index >= 15 is 0 Å². The third-order valence-electron chi connectivity index (χ3n) is 1.96. The first-order valence-electron chi connectivity index (χ1n) is 5.06. The predicted octanol–water partition coefficient (Wildman–Crippen LogP) is 3.09. The van der Waals surface area contributed by atoms with Gasteiger partial charge < -0.3 is 10.1 Å². The Morgan fingerprint density at radius 3 is 2.76 bits per heavy atom. The molecule has 0 unspecified atom stereocenters. The molecule has 0 aliphatic carbocycles. The Labute approximate surface area is 106 Å². The first-order valence-corrected chi connectivity index (χ1v) is 5.86. The second-order valence-electron chi connectivity index (χ2n) is 3.24. The molecule has 0 aliphatic rings. The molecule has 0 saturated heterocycles. The minimum Gasteiger partial charge on any atom is -0.381 e. The highest BCUT2D eigenvalue weighted by Crippen LogP contribution is 2.23. The molecule has 1 amide bonds. The summed E-state index contributed by atoms with van der Waals surface area (Å²) >= 11 is 2.85. The second-order valence-corrected chi connectivity index (χ2v) is 4.10. The summed E-state index contributed by atoms with van der Waals surface area (Å²) in [4.78, 5) is 11.3. The van der Waals surface area contributed by atoms with Crippen LogP contribution in [0.15, 0.2) is 16.6 Å². The minimum absolute atomic E-state index is 0.0160. The van der Waals surface area contributed by atoms with Crippen molar-refractivity contribution < 1.29 is 18.3 Å². The van der Waals surface area contributed by atoms with Crippen molar-refractivity contribution in [3.8, 4) is 0 Å². The van der Waals surface area contributed by atoms with Gasteiger partial charge in [-0.1, -0.05) is 0 Å². The molecule has 1 aromatic rings. The van der Waals surface area contributed by atoms with Crippen molar-refractivity contribution >= 4 is 27.5 Å². The quantitative estimate of drug-likeness (QED) is 0.670. The molecule has 0 atom stereocenters. The van der Waals surface area contributed by atoms with Crippen LogP contribution in [0, 0.1) is 11.6 Å². The fraction of sp³-hybridized carbons (Fsp3) is 0.364. The van der Waals surface area contributed by atoms with E-state index in [2.05, 4.69) is 21.2 Å². The average Bonchev–Trinajstić information content (AvgIpc) is 2.26. The number of amides is 1. The normalized spacial score (nSPS) is 10.4. The van der Waals surface area contributed by atoms with E-state index in [1.165, 1.54) is 0 Å². The van der Waals surface area contributed by atoms with Crippen molar-refractivity contribution in [3.05, 3.63) is 28.2 Å². The maximum Gasteiger partial charge on any atom is 0.226 e. The molecule has 0 aromatic heterocycles. The monoisotopic (exact) mass is 307 g/mol. The van der Waals surface area contributed by atoms with Crippen LogP contribution < -0.4 is 5.32 Å². The Bertz CT molecular complexity index is 413. The maximum absolute atomic E-state index is 13.3. The molecule has 1 aromatic carbocycles. The van der Waals surface area contributed by atoms with Gasteiger partial charge in [0.15, 0.2) is 0 Å². The van der Waals surface area contributed by atoms with Gasteiger partial charge in [-0.3, -0.25) is 4.79 Å². The van der Waals surface area contributed by atoms with E-state index in [-0.39, 0.29) is 23.2 Å². The van der Waals surface area contributed by atoms with E-state index < -0.39 is 17.5 Å². The van der Waals surface area contributed by atoms with Gasteiger partial charge in [0.25, 0.3) is 0 Å². The van der Waals surface area contributed by atoms with Crippen LogP contribution in [-0.4, -0.2) is 19.1 Å². The van der Waals surface area contributed by atoms with E-state index in [0.29, 0.717) is 6.61 Å². The summed E-state index contributed by atoms with van der Waals surface area (Å²) in [7, 11) is 0. The van der Waals surface area contributed by atoms with Crippen LogP contribution in [0.1, 0.15) is 13.3 Å². The lowest BCUT2D eigenvalue weighted by atomic mass is 10.3. The summed E-state index contributed by atoms with van der Waals surface area (Å²) in [6.45, 7) is 2.57. The van der Waals surface area contributed by atoms with Crippen LogP contribution in [0.25, 0.3) is 0 Å². The molecular formula is C11H12BrF2NO2. The highest BCUT2D eigenvalue weighted by molar-refractivity contribution is 9.10. The lowest BCUT2D eigenvalue weighted by Gasteiger charge is -2.07. The third kappa shape index (κ3) is 4.40. The second kappa shape index (κ2) is 6.66. The Hall–Kier alpha value is -1.01. The lowest BCUT2D eigenvalue weighted by Crippen LogP contribution is -2.15. The molecule has 1 rings (SSSR count). The first kappa shape index (κ1) is 14.1. The Morgan fingerprint density at radius 1 is 1.41 bits per heavy atom. The number of hydrogen-bond donors (Lipinski definition) is 1. The zero-order valence-corrected chi connectivity index (χ0v) is 10.8. The van der Waals surface area contributed by atoms with Crippen molar-refractivity contribution in [2.45, 2.75) is 13.3 Å². The number of ether oxygens (including phenoxy) is 1. The molecule has 0 spiro atoms. The molecule has 0 radical (unpaired) electrons. The molecule has 17 heavy (non-hydrogen) atoms. The maximum atomic E-state index is 13.3. The molecule has 6 heteroatoms. The zero-order valence-electron chi connectivity index (χ0n) is 9.23. The van der Waals surface area contributed by atoms with E-state index in [1.807, 2.05) is 6.92 Å². The Balaban J connectivity index is 2.62. The molecule has 0 saturated carbocycles. The summed E-state index contributed by atoms with van der Waals surface area (Å²) in [6.07, 6.45) is 0.102. The van der Waals surface area contributed by atoms with Crippen molar-refractivity contribution in [3.63, 3.8) is 0 Å². The van der Waals surface area contributed by atoms with Gasteiger partial charge in [-0.2, -0.15) is 0 Å². The van der Waals surface area contributed by atoms with Crippen molar-refractivity contribution in [1.82, 2.24) is 0 Å². The SMILES string of the molecule is CCOCCC(=O)Nc1cc(F)c(Br)cc1F. The van der Waals surface area contributed by atoms with Gasteiger partial charge in [-0.15, -0.1) is 0 Å². The Kier molecular flexibility index (Phi) is 5.50. The van der Waals surface area contributed by atoms with Crippen LogP contribution in [-0.2, 0) is 9.53 Å². The molecule has 0 heterocycles. The van der Waals surface area contributed by atoms with E-state index in [4.69, 9.17) is 4.74 Å². The summed E-state index contributed by atoms with van der Waals surface area (Å²) < 4.78 is 31.5. The molecule has 0 bridgehead atoms. The van der Waals surface area contributed by atoms with Crippen LogP contribution >= 0.6 is 15.9 Å². The highest BCUT2D eigenvalue weighted by atomic mass is 79.9. The number of halogens is 3. The predicted molar refractivity (Wildman–Crippen MR) is 63.8 cm³/mol. The number of benzene rings is 1. The summed E-state index contributed by atoms with van der Waals surface area (Å²) in [6, 6.07) is 1.89. The zero-order chi connectivity index (χ0) is 12.8. The summed E-state index contributed by atoms with van der Waals surface area (Å²) in [5.74, 6) is -1.74. The van der Waals surface area contributed by atoms with Gasteiger partial charge in [-0.05, 0) is 28.9 Å². The van der Waals surface area contributed by atoms with Gasteiger partial charge in [0.2, 0.25) is 5.91 Å². The molecule has 94 valence electrons. The topological polar surface area (TPSA) is 38.3 Å². The van der Waals surface area contributed by atoms with E-state index in [1.54, 1.807) is 0 Å². The fourth-order valence-corrected chi connectivity index (χ4v) is 1.46. The van der Waals surface area contributed by atoms with Crippen molar-refractivity contribution in [1.29, 1.82) is 0 Å². The molecule has 3 nitrogen and oxygen atoms in total. The highest BCUT2D eigenvalue weighted by Gasteiger charge is 2.10. The van der Waals surface area contributed by atoms with E-state index in [0.717, 1.165) is 12.1 Å². The minimum atomic E-state index is -0.692. The lowest BCUT2D eigenvalue weighted by molar-refractivity contribution is -0.117. The van der Waals surface area contributed by atoms with Crippen LogP contribution in [0.5, 0.6) is 0 Å². The largest absolute Gasteiger partial charge is 0.381 e. The molecule has 0 aliphatic heterocycles. The van der Waals surface area contributed by atoms with Crippen LogP contribution in [0.2, 0.25) is 0 Å². The van der Waals surface area contributed by atoms with Crippen LogP contribution in [0.3, 0.4) is 0 Å². The average molecular weight is 308 g/mol. The number of hydrogen-bond acceptors (Lipinski definition) is 2. The number of carbonyl (C=O) groups excluding carboxylic acids is 1. The van der Waals surface area contributed by atoms with E-state index in [9.17, 15) is 13.6 Å². The molecule has 1 N–H and O–H groups in total. The summed E-state index contributed by atoms with van der Waals surface area (Å²) in [5.41, 5.74) is -0.174. The standard InChI is InChI=1S/C11H12BrF2NO2/c1-2-17-4-3-11(16)15-10-6-8(13)7(12)5-9(10)14/h5-6H,2-4H2,1H3,(H,15,16). The summed E-state index contributed by atoms with van der Waals surface area (Å²) in [5, 5.41) is 2.28. The van der Waals surface area contributed by atoms with Gasteiger partial charge in [-0.25, -0.2) is 8.78 Å². The first-order chi connectivity index (χ1) is 8.04. The van der Waals surface area contributed by atoms with Gasteiger partial charge in [0, 0.05) is 12.7 Å². The van der Waals surface area contributed by atoms with Crippen LogP contribution in [0.4, 0.5) is 14.5 Å². The number of anilines is 1. The van der Waals surface area contributed by atoms with Gasteiger partial charge in [0.1, 0.15) is 11.6 Å². The molecular weight excluding hydrogens is 296 g/mol. The number of carbonyl (C=O) groups is 1. The van der Waals surface area contributed by atoms with Gasteiger partial charge >= 0.3 is 0 Å². The fourth-order valence-electron chi connectivity index (χ4n) is 1.14. The molecule has 0 fully saturated rings. The number of nitrogens with one attached hydrogen (secondary N) is 1. The smallest absolute Gasteiger partial charge is 0.226 e.